The monoisotopic (exact) mass is 414 g/mol. The number of aromatic amines is 1. The Balaban J connectivity index is 1.48. The number of aromatic nitrogens is 2. The molecule has 0 aliphatic rings. The summed E-state index contributed by atoms with van der Waals surface area (Å²) in [6.07, 6.45) is 0. The number of ether oxygens (including phenoxy) is 2. The fraction of sp³-hybridized carbons (Fsp3) is 0.250. The largest absolute Gasteiger partial charge is 0.497 e. The van der Waals surface area contributed by atoms with Gasteiger partial charge in [0.15, 0.2) is 5.16 Å². The minimum Gasteiger partial charge on any atom is -0.497 e. The molecule has 0 unspecified atom stereocenters. The van der Waals surface area contributed by atoms with Crippen LogP contribution in [0.1, 0.15) is 5.56 Å². The molecule has 152 valence electrons. The fourth-order valence-corrected chi connectivity index (χ4v) is 3.35. The molecular weight excluding hydrogens is 392 g/mol. The zero-order valence-corrected chi connectivity index (χ0v) is 17.2. The Hall–Kier alpha value is -3.20. The van der Waals surface area contributed by atoms with Crippen LogP contribution in [0.15, 0.2) is 41.6 Å². The highest BCUT2D eigenvalue weighted by Gasteiger charge is 2.11. The van der Waals surface area contributed by atoms with Gasteiger partial charge in [-0.05, 0) is 36.8 Å². The van der Waals surface area contributed by atoms with Gasteiger partial charge < -0.3 is 25.1 Å². The Morgan fingerprint density at radius 3 is 2.69 bits per heavy atom. The number of anilines is 1. The quantitative estimate of drug-likeness (QED) is 0.490. The van der Waals surface area contributed by atoms with Crippen LogP contribution in [-0.4, -0.2) is 48.3 Å². The van der Waals surface area contributed by atoms with Crippen LogP contribution >= 0.6 is 11.8 Å². The van der Waals surface area contributed by atoms with Gasteiger partial charge in [0.05, 0.1) is 43.2 Å². The lowest BCUT2D eigenvalue weighted by molar-refractivity contribution is -0.122. The summed E-state index contributed by atoms with van der Waals surface area (Å²) < 4.78 is 10.4. The molecule has 1 heterocycles. The van der Waals surface area contributed by atoms with Crippen molar-refractivity contribution in [2.75, 3.05) is 31.8 Å². The number of rotatable bonds is 8. The molecule has 3 rings (SSSR count). The third kappa shape index (κ3) is 5.41. The Labute approximate surface area is 172 Å². The maximum absolute atomic E-state index is 12.1. The first kappa shape index (κ1) is 20.5. The summed E-state index contributed by atoms with van der Waals surface area (Å²) >= 11 is 1.26. The topological polar surface area (TPSA) is 105 Å². The first-order chi connectivity index (χ1) is 14.0. The van der Waals surface area contributed by atoms with E-state index in [1.54, 1.807) is 13.2 Å². The molecule has 0 aliphatic heterocycles. The Kier molecular flexibility index (Phi) is 6.61. The molecule has 0 saturated heterocycles. The molecule has 3 aromatic rings. The lowest BCUT2D eigenvalue weighted by atomic mass is 10.2. The molecular formula is C20H22N4O4S. The summed E-state index contributed by atoms with van der Waals surface area (Å²) in [6, 6.07) is 11.0. The predicted molar refractivity (Wildman–Crippen MR) is 113 cm³/mol. The van der Waals surface area contributed by atoms with E-state index in [9.17, 15) is 9.59 Å². The minimum absolute atomic E-state index is 0.131. The number of nitrogens with zero attached hydrogens (tertiary/aromatic N) is 1. The first-order valence-electron chi connectivity index (χ1n) is 8.86. The number of carbonyl (C=O) groups is 2. The van der Waals surface area contributed by atoms with Gasteiger partial charge in [-0.3, -0.25) is 9.59 Å². The summed E-state index contributed by atoms with van der Waals surface area (Å²) in [4.78, 5) is 31.8. The molecule has 29 heavy (non-hydrogen) atoms. The van der Waals surface area contributed by atoms with Crippen molar-refractivity contribution in [3.05, 3.63) is 42.0 Å². The third-order valence-corrected chi connectivity index (χ3v) is 4.96. The van der Waals surface area contributed by atoms with Gasteiger partial charge in [0.2, 0.25) is 11.8 Å². The molecule has 0 spiro atoms. The van der Waals surface area contributed by atoms with E-state index in [1.165, 1.54) is 18.9 Å². The highest BCUT2D eigenvalue weighted by atomic mass is 32.2. The van der Waals surface area contributed by atoms with E-state index in [2.05, 4.69) is 20.6 Å². The van der Waals surface area contributed by atoms with E-state index in [1.807, 2.05) is 37.3 Å². The van der Waals surface area contributed by atoms with Crippen LogP contribution in [0.4, 0.5) is 5.69 Å². The maximum Gasteiger partial charge on any atom is 0.243 e. The molecule has 0 saturated carbocycles. The number of aryl methyl sites for hydroxylation is 1. The number of nitrogens with one attached hydrogen (secondary N) is 3. The van der Waals surface area contributed by atoms with Crippen LogP contribution < -0.4 is 20.1 Å². The highest BCUT2D eigenvalue weighted by Crippen LogP contribution is 2.25. The van der Waals surface area contributed by atoms with Crippen molar-refractivity contribution in [2.24, 2.45) is 0 Å². The molecule has 2 amide bonds. The van der Waals surface area contributed by atoms with Crippen LogP contribution in [0.2, 0.25) is 0 Å². The number of hydrogen-bond donors (Lipinski definition) is 3. The molecule has 3 N–H and O–H groups in total. The second kappa shape index (κ2) is 9.33. The number of benzene rings is 2. The van der Waals surface area contributed by atoms with E-state index >= 15 is 0 Å². The normalized spacial score (nSPS) is 10.6. The smallest absolute Gasteiger partial charge is 0.243 e. The van der Waals surface area contributed by atoms with Gasteiger partial charge in [-0.1, -0.05) is 17.8 Å². The van der Waals surface area contributed by atoms with Crippen molar-refractivity contribution in [1.82, 2.24) is 15.3 Å². The number of methoxy groups -OCH3 is 2. The van der Waals surface area contributed by atoms with E-state index in [0.717, 1.165) is 22.3 Å². The van der Waals surface area contributed by atoms with Crippen LogP contribution in [-0.2, 0) is 9.59 Å². The summed E-state index contributed by atoms with van der Waals surface area (Å²) in [5.41, 5.74) is 3.18. The maximum atomic E-state index is 12.1. The van der Waals surface area contributed by atoms with Crippen molar-refractivity contribution < 1.29 is 19.1 Å². The van der Waals surface area contributed by atoms with Crippen LogP contribution in [0, 0.1) is 6.92 Å². The number of fused-ring (bicyclic) bond motifs is 1. The lowest BCUT2D eigenvalue weighted by Crippen LogP contribution is -2.34. The molecule has 0 fully saturated rings. The van der Waals surface area contributed by atoms with Gasteiger partial charge in [-0.25, -0.2) is 4.98 Å². The molecule has 0 aliphatic carbocycles. The molecule has 0 radical (unpaired) electrons. The van der Waals surface area contributed by atoms with Gasteiger partial charge in [-0.2, -0.15) is 0 Å². The van der Waals surface area contributed by atoms with Gasteiger partial charge in [-0.15, -0.1) is 0 Å². The predicted octanol–water partition coefficient (Wildman–Crippen LogP) is 2.74. The van der Waals surface area contributed by atoms with Crippen molar-refractivity contribution in [2.45, 2.75) is 12.1 Å². The number of H-pyrrole nitrogens is 1. The second-order valence-corrected chi connectivity index (χ2v) is 7.21. The molecule has 0 atom stereocenters. The number of carbonyl (C=O) groups excluding carboxylic acids is 2. The molecule has 1 aromatic heterocycles. The van der Waals surface area contributed by atoms with Crippen LogP contribution in [0.3, 0.4) is 0 Å². The van der Waals surface area contributed by atoms with Crippen molar-refractivity contribution in [3.63, 3.8) is 0 Å². The average molecular weight is 414 g/mol. The van der Waals surface area contributed by atoms with Crippen molar-refractivity contribution >= 4 is 40.3 Å². The molecule has 9 heteroatoms. The summed E-state index contributed by atoms with van der Waals surface area (Å²) in [5.74, 6) is 0.833. The van der Waals surface area contributed by atoms with Gasteiger partial charge in [0.25, 0.3) is 0 Å². The number of hydrogen-bond acceptors (Lipinski definition) is 6. The standard InChI is InChI=1S/C20H22N4O4S/c1-12-4-7-17(28-3)16(8-12)22-18(25)10-21-19(26)11-29-20-23-14-6-5-13(27-2)9-15(14)24-20/h4-9H,10-11H2,1-3H3,(H,21,26)(H,22,25)(H,23,24). The summed E-state index contributed by atoms with van der Waals surface area (Å²) in [7, 11) is 3.14. The van der Waals surface area contributed by atoms with Gasteiger partial charge in [0, 0.05) is 6.07 Å². The third-order valence-electron chi connectivity index (χ3n) is 4.08. The van der Waals surface area contributed by atoms with Crippen molar-refractivity contribution in [3.8, 4) is 11.5 Å². The van der Waals surface area contributed by atoms with Crippen molar-refractivity contribution in [1.29, 1.82) is 0 Å². The SMILES string of the molecule is COc1ccc2nc(SCC(=O)NCC(=O)Nc3cc(C)ccc3OC)[nH]c2c1. The number of amides is 2. The lowest BCUT2D eigenvalue weighted by Gasteiger charge is -2.11. The molecule has 2 aromatic carbocycles. The Morgan fingerprint density at radius 2 is 1.93 bits per heavy atom. The Bertz CT molecular complexity index is 1030. The van der Waals surface area contributed by atoms with Crippen LogP contribution in [0.25, 0.3) is 11.0 Å². The fourth-order valence-electron chi connectivity index (χ4n) is 2.64. The molecule has 0 bridgehead atoms. The number of imidazole rings is 1. The van der Waals surface area contributed by atoms with Gasteiger partial charge in [0.1, 0.15) is 11.5 Å². The highest BCUT2D eigenvalue weighted by molar-refractivity contribution is 7.99. The number of thioether (sulfide) groups is 1. The van der Waals surface area contributed by atoms with Crippen LogP contribution in [0.5, 0.6) is 11.5 Å². The first-order valence-corrected chi connectivity index (χ1v) is 9.85. The Morgan fingerprint density at radius 1 is 1.10 bits per heavy atom. The minimum atomic E-state index is -0.330. The summed E-state index contributed by atoms with van der Waals surface area (Å²) in [6.45, 7) is 1.79. The zero-order chi connectivity index (χ0) is 20.8. The van der Waals surface area contributed by atoms with E-state index in [-0.39, 0.29) is 24.1 Å². The van der Waals surface area contributed by atoms with E-state index in [4.69, 9.17) is 9.47 Å². The average Bonchev–Trinajstić information content (AvgIpc) is 3.13. The second-order valence-electron chi connectivity index (χ2n) is 6.24. The zero-order valence-electron chi connectivity index (χ0n) is 16.4. The van der Waals surface area contributed by atoms with E-state index < -0.39 is 0 Å². The van der Waals surface area contributed by atoms with E-state index in [0.29, 0.717) is 16.6 Å². The molecule has 8 nitrogen and oxygen atoms in total. The van der Waals surface area contributed by atoms with Gasteiger partial charge >= 0.3 is 0 Å². The summed E-state index contributed by atoms with van der Waals surface area (Å²) in [5, 5.41) is 5.97.